The van der Waals surface area contributed by atoms with Gasteiger partial charge in [-0.3, -0.25) is 0 Å². The average molecular weight is 343 g/mol. The van der Waals surface area contributed by atoms with Crippen molar-refractivity contribution in [3.05, 3.63) is 29.8 Å². The smallest absolute Gasteiger partial charge is 0.240 e. The van der Waals surface area contributed by atoms with Crippen molar-refractivity contribution >= 4 is 10.0 Å². The molecule has 2 rings (SSSR count). The highest BCUT2D eigenvalue weighted by molar-refractivity contribution is 7.89. The molecule has 2 N–H and O–H groups in total. The molecule has 0 amide bonds. The third-order valence-corrected chi connectivity index (χ3v) is 5.38. The molecule has 0 aromatic heterocycles. The SMILES string of the molecule is Cc1ccc(S(=O)(=O)N[C@@H](C)[C@@H]2OC(C)(C)O[C@H]2[C@@H](C)O)cc1. The number of nitrogens with one attached hydrogen (secondary N) is 1. The Morgan fingerprint density at radius 1 is 1.13 bits per heavy atom. The van der Waals surface area contributed by atoms with Crippen LogP contribution in [0.1, 0.15) is 33.3 Å². The molecule has 1 aromatic rings. The Morgan fingerprint density at radius 3 is 2.17 bits per heavy atom. The van der Waals surface area contributed by atoms with E-state index in [0.29, 0.717) is 0 Å². The molecular weight excluding hydrogens is 318 g/mol. The Hall–Kier alpha value is -0.990. The van der Waals surface area contributed by atoms with Gasteiger partial charge < -0.3 is 14.6 Å². The second-order valence-corrected chi connectivity index (χ2v) is 8.24. The van der Waals surface area contributed by atoms with Crippen molar-refractivity contribution in [1.82, 2.24) is 4.72 Å². The molecule has 1 saturated heterocycles. The third-order valence-electron chi connectivity index (χ3n) is 3.80. The Bertz CT molecular complexity index is 639. The maximum atomic E-state index is 12.5. The van der Waals surface area contributed by atoms with Gasteiger partial charge in [0, 0.05) is 6.04 Å². The molecule has 1 fully saturated rings. The minimum Gasteiger partial charge on any atom is -0.391 e. The number of aliphatic hydroxyl groups excluding tert-OH is 1. The Labute approximate surface area is 137 Å². The van der Waals surface area contributed by atoms with Gasteiger partial charge in [-0.05, 0) is 46.8 Å². The first-order valence-corrected chi connectivity index (χ1v) is 9.13. The molecule has 0 spiro atoms. The molecule has 7 heteroatoms. The van der Waals surface area contributed by atoms with Crippen molar-refractivity contribution in [2.24, 2.45) is 0 Å². The molecule has 1 aliphatic rings. The number of rotatable bonds is 5. The van der Waals surface area contributed by atoms with Crippen LogP contribution in [0.25, 0.3) is 0 Å². The van der Waals surface area contributed by atoms with Crippen molar-refractivity contribution in [1.29, 1.82) is 0 Å². The van der Waals surface area contributed by atoms with Crippen LogP contribution in [-0.2, 0) is 19.5 Å². The van der Waals surface area contributed by atoms with Crippen LogP contribution in [0.15, 0.2) is 29.2 Å². The van der Waals surface area contributed by atoms with Crippen molar-refractivity contribution in [2.75, 3.05) is 0 Å². The van der Waals surface area contributed by atoms with E-state index in [2.05, 4.69) is 4.72 Å². The maximum Gasteiger partial charge on any atom is 0.240 e. The first-order valence-electron chi connectivity index (χ1n) is 7.64. The lowest BCUT2D eigenvalue weighted by molar-refractivity contribution is -0.155. The number of hydrogen-bond donors (Lipinski definition) is 2. The van der Waals surface area contributed by atoms with E-state index in [4.69, 9.17) is 9.47 Å². The van der Waals surface area contributed by atoms with E-state index in [-0.39, 0.29) is 4.90 Å². The molecule has 23 heavy (non-hydrogen) atoms. The van der Waals surface area contributed by atoms with E-state index in [0.717, 1.165) is 5.56 Å². The molecule has 0 aliphatic carbocycles. The van der Waals surface area contributed by atoms with Crippen LogP contribution in [-0.4, -0.2) is 43.7 Å². The first-order chi connectivity index (χ1) is 10.5. The molecule has 0 unspecified atom stereocenters. The summed E-state index contributed by atoms with van der Waals surface area (Å²) < 4.78 is 39.0. The van der Waals surface area contributed by atoms with E-state index < -0.39 is 40.2 Å². The van der Waals surface area contributed by atoms with Gasteiger partial charge in [-0.15, -0.1) is 0 Å². The fourth-order valence-corrected chi connectivity index (χ4v) is 3.93. The number of aliphatic hydroxyl groups is 1. The average Bonchev–Trinajstić information content (AvgIpc) is 2.75. The molecule has 0 saturated carbocycles. The second-order valence-electron chi connectivity index (χ2n) is 6.53. The van der Waals surface area contributed by atoms with Gasteiger partial charge in [0.15, 0.2) is 5.79 Å². The summed E-state index contributed by atoms with van der Waals surface area (Å²) in [5.41, 5.74) is 0.987. The van der Waals surface area contributed by atoms with Gasteiger partial charge in [-0.2, -0.15) is 0 Å². The minimum absolute atomic E-state index is 0.196. The standard InChI is InChI=1S/C16H25NO5S/c1-10-6-8-13(9-7-10)23(19,20)17-11(2)14-15(12(3)18)22-16(4,5)21-14/h6-9,11-12,14-15,17-18H,1-5H3/t11-,12+,14-,15-/m0/s1. The Morgan fingerprint density at radius 2 is 1.65 bits per heavy atom. The molecule has 0 bridgehead atoms. The third kappa shape index (κ3) is 4.30. The van der Waals surface area contributed by atoms with Crippen LogP contribution >= 0.6 is 0 Å². The summed E-state index contributed by atoms with van der Waals surface area (Å²) in [7, 11) is -3.67. The number of ether oxygens (including phenoxy) is 2. The van der Waals surface area contributed by atoms with Gasteiger partial charge in [-0.25, -0.2) is 13.1 Å². The summed E-state index contributed by atoms with van der Waals surface area (Å²) in [6, 6.07) is 6.06. The number of sulfonamides is 1. The van der Waals surface area contributed by atoms with E-state index in [1.165, 1.54) is 0 Å². The zero-order valence-electron chi connectivity index (χ0n) is 14.1. The summed E-state index contributed by atoms with van der Waals surface area (Å²) in [6.07, 6.45) is -1.95. The van der Waals surface area contributed by atoms with Crippen molar-refractivity contribution in [3.63, 3.8) is 0 Å². The van der Waals surface area contributed by atoms with Gasteiger partial charge in [0.1, 0.15) is 12.2 Å². The highest BCUT2D eigenvalue weighted by Gasteiger charge is 2.46. The normalized spacial score (nSPS) is 26.9. The molecular formula is C16H25NO5S. The van der Waals surface area contributed by atoms with Crippen LogP contribution in [0.3, 0.4) is 0 Å². The van der Waals surface area contributed by atoms with Gasteiger partial charge >= 0.3 is 0 Å². The summed E-state index contributed by atoms with van der Waals surface area (Å²) in [5.74, 6) is -0.865. The van der Waals surface area contributed by atoms with E-state index >= 15 is 0 Å². The zero-order chi connectivity index (χ0) is 17.4. The van der Waals surface area contributed by atoms with Crippen LogP contribution in [0.4, 0.5) is 0 Å². The quantitative estimate of drug-likeness (QED) is 0.847. The highest BCUT2D eigenvalue weighted by atomic mass is 32.2. The highest BCUT2D eigenvalue weighted by Crippen LogP contribution is 2.32. The largest absolute Gasteiger partial charge is 0.391 e. The lowest BCUT2D eigenvalue weighted by Gasteiger charge is -2.25. The minimum atomic E-state index is -3.67. The lowest BCUT2D eigenvalue weighted by Crippen LogP contribution is -2.48. The Kier molecular flexibility index (Phi) is 5.18. The van der Waals surface area contributed by atoms with Gasteiger partial charge in [0.2, 0.25) is 10.0 Å². The Balaban J connectivity index is 2.17. The number of hydrogen-bond acceptors (Lipinski definition) is 5. The van der Waals surface area contributed by atoms with Crippen LogP contribution < -0.4 is 4.72 Å². The van der Waals surface area contributed by atoms with Crippen molar-refractivity contribution in [3.8, 4) is 0 Å². The van der Waals surface area contributed by atoms with Gasteiger partial charge in [0.25, 0.3) is 0 Å². The summed E-state index contributed by atoms with van der Waals surface area (Å²) in [5, 5.41) is 9.87. The topological polar surface area (TPSA) is 84.9 Å². The molecule has 4 atom stereocenters. The van der Waals surface area contributed by atoms with Gasteiger partial charge in [0.05, 0.1) is 11.0 Å². The first kappa shape index (κ1) is 18.4. The number of aryl methyl sites for hydroxylation is 1. The van der Waals surface area contributed by atoms with Gasteiger partial charge in [-0.1, -0.05) is 17.7 Å². The number of benzene rings is 1. The monoisotopic (exact) mass is 343 g/mol. The van der Waals surface area contributed by atoms with E-state index in [1.807, 2.05) is 6.92 Å². The van der Waals surface area contributed by atoms with Crippen molar-refractivity contribution < 1.29 is 23.0 Å². The zero-order valence-corrected chi connectivity index (χ0v) is 14.9. The summed E-state index contributed by atoms with van der Waals surface area (Å²) in [4.78, 5) is 0.196. The summed E-state index contributed by atoms with van der Waals surface area (Å²) >= 11 is 0. The second kappa shape index (κ2) is 6.49. The maximum absolute atomic E-state index is 12.5. The molecule has 1 aliphatic heterocycles. The summed E-state index contributed by atoms with van der Waals surface area (Å²) in [6.45, 7) is 8.68. The molecule has 1 aromatic carbocycles. The predicted octanol–water partition coefficient (Wildman–Crippen LogP) is 1.56. The molecule has 0 radical (unpaired) electrons. The van der Waals surface area contributed by atoms with Crippen molar-refractivity contribution in [2.45, 2.75) is 69.7 Å². The molecule has 130 valence electrons. The fourth-order valence-electron chi connectivity index (χ4n) is 2.67. The molecule has 1 heterocycles. The van der Waals surface area contributed by atoms with E-state index in [1.54, 1.807) is 52.0 Å². The lowest BCUT2D eigenvalue weighted by atomic mass is 10.0. The van der Waals surface area contributed by atoms with Crippen LogP contribution in [0, 0.1) is 6.92 Å². The fraction of sp³-hybridized carbons (Fsp3) is 0.625. The molecule has 6 nitrogen and oxygen atoms in total. The van der Waals surface area contributed by atoms with E-state index in [9.17, 15) is 13.5 Å². The van der Waals surface area contributed by atoms with Crippen LogP contribution in [0.5, 0.6) is 0 Å². The van der Waals surface area contributed by atoms with Crippen LogP contribution in [0.2, 0.25) is 0 Å². The predicted molar refractivity (Wildman–Crippen MR) is 86.5 cm³/mol.